The fourth-order valence-electron chi connectivity index (χ4n) is 4.90. The van der Waals surface area contributed by atoms with Crippen molar-refractivity contribution in [1.29, 1.82) is 0 Å². The van der Waals surface area contributed by atoms with Gasteiger partial charge in [-0.05, 0) is 56.5 Å². The van der Waals surface area contributed by atoms with Gasteiger partial charge in [0, 0.05) is 12.6 Å². The summed E-state index contributed by atoms with van der Waals surface area (Å²) in [7, 11) is -4.22. The van der Waals surface area contributed by atoms with Crippen LogP contribution in [0.15, 0.2) is 77.7 Å². The number of nitrogens with zero attached hydrogens (tertiary/aromatic N) is 2. The summed E-state index contributed by atoms with van der Waals surface area (Å²) in [5.41, 5.74) is 1.91. The van der Waals surface area contributed by atoms with Gasteiger partial charge in [-0.1, -0.05) is 90.1 Å². The molecule has 1 fully saturated rings. The minimum absolute atomic E-state index is 0.00361. The number of nitrogens with one attached hydrogen (secondary N) is 1. The Bertz CT molecular complexity index is 1460. The topological polar surface area (TPSA) is 86.8 Å². The molecule has 1 N–H and O–H groups in total. The van der Waals surface area contributed by atoms with Gasteiger partial charge in [0.25, 0.3) is 10.0 Å². The Balaban J connectivity index is 1.71. The van der Waals surface area contributed by atoms with E-state index >= 15 is 0 Å². The first-order chi connectivity index (χ1) is 19.1. The van der Waals surface area contributed by atoms with Crippen molar-refractivity contribution in [3.63, 3.8) is 0 Å². The molecule has 4 rings (SSSR count). The summed E-state index contributed by atoms with van der Waals surface area (Å²) in [6.45, 7) is 3.16. The smallest absolute Gasteiger partial charge is 0.264 e. The number of amides is 2. The molecule has 7 nitrogen and oxygen atoms in total. The quantitative estimate of drug-likeness (QED) is 0.310. The monoisotopic (exact) mass is 601 g/mol. The fourth-order valence-corrected chi connectivity index (χ4v) is 6.79. The lowest BCUT2D eigenvalue weighted by Crippen LogP contribution is -2.52. The molecule has 3 aromatic carbocycles. The molecule has 1 saturated carbocycles. The summed E-state index contributed by atoms with van der Waals surface area (Å²) < 4.78 is 28.7. The summed E-state index contributed by atoms with van der Waals surface area (Å²) in [6, 6.07) is 19.3. The van der Waals surface area contributed by atoms with Gasteiger partial charge in [-0.3, -0.25) is 13.9 Å². The molecule has 0 radical (unpaired) electrons. The van der Waals surface area contributed by atoms with Gasteiger partial charge >= 0.3 is 0 Å². The van der Waals surface area contributed by atoms with Crippen LogP contribution in [-0.4, -0.2) is 43.8 Å². The van der Waals surface area contributed by atoms with Crippen molar-refractivity contribution in [2.24, 2.45) is 0 Å². The van der Waals surface area contributed by atoms with E-state index in [4.69, 9.17) is 23.2 Å². The van der Waals surface area contributed by atoms with E-state index in [9.17, 15) is 18.0 Å². The fraction of sp³-hybridized carbons (Fsp3) is 0.333. The molecule has 0 spiro atoms. The van der Waals surface area contributed by atoms with Crippen LogP contribution in [0.1, 0.15) is 43.7 Å². The van der Waals surface area contributed by atoms with Gasteiger partial charge in [-0.2, -0.15) is 0 Å². The molecule has 10 heteroatoms. The number of carbonyl (C=O) groups excluding carboxylic acids is 2. The molecule has 0 unspecified atom stereocenters. The molecule has 2 amide bonds. The van der Waals surface area contributed by atoms with Gasteiger partial charge < -0.3 is 10.2 Å². The number of hydrogen-bond acceptors (Lipinski definition) is 4. The first kappa shape index (κ1) is 29.9. The first-order valence-electron chi connectivity index (χ1n) is 13.2. The number of carbonyl (C=O) groups is 2. The van der Waals surface area contributed by atoms with Gasteiger partial charge in [0.2, 0.25) is 11.8 Å². The van der Waals surface area contributed by atoms with Crippen LogP contribution in [0, 0.1) is 6.92 Å². The minimum atomic E-state index is -4.22. The standard InChI is InChI=1S/C30H33Cl2N3O4S/c1-21-10-8-11-23(18-21)19-34(22(2)30(37)33-24-12-6-7-13-24)28(36)20-35(27-17-9-16-26(31)29(27)32)40(38,39)25-14-4-3-5-15-25/h3-5,8-11,14-18,22,24H,6-7,12-13,19-20H2,1-2H3,(H,33,37)/t22-/m1/s1. The molecule has 0 saturated heterocycles. The Morgan fingerprint density at radius 2 is 1.65 bits per heavy atom. The van der Waals surface area contributed by atoms with Crippen molar-refractivity contribution < 1.29 is 18.0 Å². The molecule has 40 heavy (non-hydrogen) atoms. The number of rotatable bonds is 10. The second kappa shape index (κ2) is 13.1. The highest BCUT2D eigenvalue weighted by Gasteiger charge is 2.34. The Hall–Kier alpha value is -3.07. The lowest BCUT2D eigenvalue weighted by molar-refractivity contribution is -0.139. The molecule has 1 atom stereocenters. The van der Waals surface area contributed by atoms with E-state index in [1.54, 1.807) is 37.3 Å². The normalized spacial score (nSPS) is 14.5. The number of benzene rings is 3. The average molecular weight is 603 g/mol. The average Bonchev–Trinajstić information content (AvgIpc) is 3.45. The second-order valence-corrected chi connectivity index (χ2v) is 12.7. The Morgan fingerprint density at radius 3 is 2.33 bits per heavy atom. The van der Waals surface area contributed by atoms with E-state index in [-0.39, 0.29) is 39.1 Å². The highest BCUT2D eigenvalue weighted by atomic mass is 35.5. The van der Waals surface area contributed by atoms with Crippen LogP contribution in [0.2, 0.25) is 10.0 Å². The molecule has 3 aromatic rings. The van der Waals surface area contributed by atoms with Crippen LogP contribution in [0.3, 0.4) is 0 Å². The van der Waals surface area contributed by atoms with Gasteiger partial charge in [0.15, 0.2) is 0 Å². The van der Waals surface area contributed by atoms with Crippen molar-refractivity contribution in [3.8, 4) is 0 Å². The predicted molar refractivity (Wildman–Crippen MR) is 159 cm³/mol. The molecular weight excluding hydrogens is 569 g/mol. The lowest BCUT2D eigenvalue weighted by Gasteiger charge is -2.32. The number of anilines is 1. The molecule has 0 bridgehead atoms. The molecule has 0 aliphatic heterocycles. The van der Waals surface area contributed by atoms with E-state index in [1.165, 1.54) is 23.1 Å². The van der Waals surface area contributed by atoms with Gasteiger partial charge in [-0.25, -0.2) is 8.42 Å². The maximum atomic E-state index is 14.0. The van der Waals surface area contributed by atoms with Crippen LogP contribution in [0.4, 0.5) is 5.69 Å². The summed E-state index contributed by atoms with van der Waals surface area (Å²) in [6.07, 6.45) is 3.91. The van der Waals surface area contributed by atoms with Crippen LogP contribution >= 0.6 is 23.2 Å². The Labute approximate surface area is 246 Å². The molecule has 0 aromatic heterocycles. The maximum absolute atomic E-state index is 14.0. The van der Waals surface area contributed by atoms with Crippen LogP contribution in [-0.2, 0) is 26.2 Å². The third-order valence-corrected chi connectivity index (χ3v) is 9.70. The third kappa shape index (κ3) is 6.97. The highest BCUT2D eigenvalue weighted by Crippen LogP contribution is 2.35. The van der Waals surface area contributed by atoms with Crippen molar-refractivity contribution in [1.82, 2.24) is 10.2 Å². The maximum Gasteiger partial charge on any atom is 0.264 e. The predicted octanol–water partition coefficient (Wildman–Crippen LogP) is 5.97. The SMILES string of the molecule is Cc1cccc(CN(C(=O)CN(c2cccc(Cl)c2Cl)S(=O)(=O)c2ccccc2)[C@H](C)C(=O)NC2CCCC2)c1. The summed E-state index contributed by atoms with van der Waals surface area (Å²) >= 11 is 12.7. The lowest BCUT2D eigenvalue weighted by atomic mass is 10.1. The molecule has 1 aliphatic carbocycles. The second-order valence-electron chi connectivity index (χ2n) is 10.1. The van der Waals surface area contributed by atoms with Gasteiger partial charge in [-0.15, -0.1) is 0 Å². The minimum Gasteiger partial charge on any atom is -0.352 e. The number of sulfonamides is 1. The van der Waals surface area contributed by atoms with Crippen LogP contribution in [0.25, 0.3) is 0 Å². The zero-order valence-electron chi connectivity index (χ0n) is 22.5. The summed E-state index contributed by atoms with van der Waals surface area (Å²) in [4.78, 5) is 28.8. The van der Waals surface area contributed by atoms with Crippen LogP contribution < -0.4 is 9.62 Å². The number of halogens is 2. The Kier molecular flexibility index (Phi) is 9.77. The molecule has 1 aliphatic rings. The van der Waals surface area contributed by atoms with Crippen molar-refractivity contribution in [2.75, 3.05) is 10.8 Å². The summed E-state index contributed by atoms with van der Waals surface area (Å²) in [5, 5.41) is 3.23. The summed E-state index contributed by atoms with van der Waals surface area (Å²) in [5.74, 6) is -0.822. The zero-order valence-corrected chi connectivity index (χ0v) is 24.8. The van der Waals surface area contributed by atoms with E-state index in [0.717, 1.165) is 41.1 Å². The third-order valence-electron chi connectivity index (χ3n) is 7.11. The molecule has 212 valence electrons. The molecular formula is C30H33Cl2N3O4S. The van der Waals surface area contributed by atoms with Gasteiger partial charge in [0.05, 0.1) is 20.6 Å². The number of aryl methyl sites for hydroxylation is 1. The van der Waals surface area contributed by atoms with Gasteiger partial charge in [0.1, 0.15) is 12.6 Å². The van der Waals surface area contributed by atoms with Crippen molar-refractivity contribution >= 4 is 50.7 Å². The van der Waals surface area contributed by atoms with Crippen molar-refractivity contribution in [3.05, 3.63) is 94.0 Å². The van der Waals surface area contributed by atoms with Crippen molar-refractivity contribution in [2.45, 2.75) is 63.1 Å². The number of hydrogen-bond donors (Lipinski definition) is 1. The largest absolute Gasteiger partial charge is 0.352 e. The van der Waals surface area contributed by atoms with E-state index in [1.807, 2.05) is 31.2 Å². The Morgan fingerprint density at radius 1 is 0.975 bits per heavy atom. The van der Waals surface area contributed by atoms with E-state index in [2.05, 4.69) is 5.32 Å². The molecule has 0 heterocycles. The van der Waals surface area contributed by atoms with E-state index < -0.39 is 28.5 Å². The first-order valence-corrected chi connectivity index (χ1v) is 15.4. The highest BCUT2D eigenvalue weighted by molar-refractivity contribution is 7.92. The van der Waals surface area contributed by atoms with Crippen LogP contribution in [0.5, 0.6) is 0 Å². The zero-order chi connectivity index (χ0) is 28.9. The van der Waals surface area contributed by atoms with E-state index in [0.29, 0.717) is 0 Å².